The molecule has 0 saturated heterocycles. The van der Waals surface area contributed by atoms with Crippen molar-refractivity contribution in [3.8, 4) is 0 Å². The topological polar surface area (TPSA) is 220 Å². The minimum absolute atomic E-state index is 0.0686. The molecule has 0 aliphatic carbocycles. The molecule has 0 fully saturated rings. The minimum Gasteiger partial charge on any atom is -0.480 e. The van der Waals surface area contributed by atoms with Crippen molar-refractivity contribution in [2.45, 2.75) is 50.2 Å². The van der Waals surface area contributed by atoms with Gasteiger partial charge in [0.2, 0.25) is 23.6 Å². The van der Waals surface area contributed by atoms with Crippen LogP contribution in [0.1, 0.15) is 31.2 Å². The number of benzene rings is 1. The molecule has 1 aromatic rings. The molecule has 0 radical (unpaired) electrons. The third kappa shape index (κ3) is 11.1. The van der Waals surface area contributed by atoms with Crippen LogP contribution in [0.2, 0.25) is 0 Å². The maximum absolute atomic E-state index is 12.8. The number of nitrogens with one attached hydrogen (secondary N) is 3. The molecule has 4 amide bonds. The zero-order valence-electron chi connectivity index (χ0n) is 18.3. The van der Waals surface area contributed by atoms with Crippen LogP contribution >= 0.6 is 0 Å². The highest BCUT2D eigenvalue weighted by atomic mass is 16.4. The fraction of sp³-hybridized carbons (Fsp3) is 0.476. The van der Waals surface area contributed by atoms with E-state index in [1.54, 1.807) is 30.3 Å². The normalized spacial score (nSPS) is 13.3. The number of carboxylic acids is 1. The molecule has 0 aliphatic rings. The Bertz CT molecular complexity index is 819. The number of rotatable bonds is 15. The van der Waals surface area contributed by atoms with Crippen molar-refractivity contribution in [3.05, 3.63) is 35.9 Å². The van der Waals surface area contributed by atoms with E-state index in [1.807, 2.05) is 0 Å². The monoisotopic (exact) mass is 464 g/mol. The summed E-state index contributed by atoms with van der Waals surface area (Å²) in [5, 5.41) is 16.7. The van der Waals surface area contributed by atoms with Gasteiger partial charge in [-0.1, -0.05) is 30.3 Å². The Morgan fingerprint density at radius 3 is 2.18 bits per heavy atom. The van der Waals surface area contributed by atoms with E-state index in [9.17, 15) is 29.1 Å². The van der Waals surface area contributed by atoms with Crippen molar-refractivity contribution in [2.24, 2.45) is 17.2 Å². The molecule has 0 aromatic heterocycles. The first-order chi connectivity index (χ1) is 15.6. The molecule has 0 heterocycles. The quantitative estimate of drug-likeness (QED) is 0.140. The summed E-state index contributed by atoms with van der Waals surface area (Å²) in [7, 11) is 0. The molecule has 12 heteroatoms. The van der Waals surface area contributed by atoms with Crippen LogP contribution in [0.15, 0.2) is 30.3 Å². The van der Waals surface area contributed by atoms with Gasteiger partial charge in [-0.3, -0.25) is 19.2 Å². The van der Waals surface area contributed by atoms with Gasteiger partial charge < -0.3 is 38.3 Å². The highest BCUT2D eigenvalue weighted by molar-refractivity contribution is 5.93. The smallest absolute Gasteiger partial charge is 0.326 e. The van der Waals surface area contributed by atoms with E-state index in [-0.39, 0.29) is 19.3 Å². The second-order valence-corrected chi connectivity index (χ2v) is 7.49. The molecule has 12 nitrogen and oxygen atoms in total. The van der Waals surface area contributed by atoms with Crippen LogP contribution in [0.4, 0.5) is 0 Å². The number of amides is 4. The molecular weight excluding hydrogens is 432 g/mol. The standard InChI is InChI=1S/C21H32N6O6/c22-9-5-4-8-15(26-18(29)12-25-19(30)14(23)11-17(24)28)20(31)27-16(21(32)33)10-13-6-2-1-3-7-13/h1-3,6-7,14-16H,4-5,8-12,22-23H2,(H2,24,28)(H,25,30)(H,26,29)(H,27,31)(H,32,33). The molecule has 0 spiro atoms. The largest absolute Gasteiger partial charge is 0.480 e. The van der Waals surface area contributed by atoms with Gasteiger partial charge >= 0.3 is 5.97 Å². The number of hydrogen-bond donors (Lipinski definition) is 7. The van der Waals surface area contributed by atoms with Crippen molar-refractivity contribution in [3.63, 3.8) is 0 Å². The van der Waals surface area contributed by atoms with Crippen LogP contribution in [-0.2, 0) is 30.4 Å². The maximum atomic E-state index is 12.8. The van der Waals surface area contributed by atoms with E-state index in [4.69, 9.17) is 17.2 Å². The lowest BCUT2D eigenvalue weighted by Crippen LogP contribution is -2.54. The van der Waals surface area contributed by atoms with E-state index >= 15 is 0 Å². The summed E-state index contributed by atoms with van der Waals surface area (Å²) in [5.41, 5.74) is 16.7. The van der Waals surface area contributed by atoms with Crippen LogP contribution in [0.5, 0.6) is 0 Å². The van der Waals surface area contributed by atoms with Gasteiger partial charge in [-0.25, -0.2) is 4.79 Å². The summed E-state index contributed by atoms with van der Waals surface area (Å²) >= 11 is 0. The molecule has 1 aromatic carbocycles. The Labute approximate surface area is 191 Å². The Balaban J connectivity index is 2.74. The molecule has 1 rings (SSSR count). The highest BCUT2D eigenvalue weighted by Crippen LogP contribution is 2.06. The number of aliphatic carboxylic acids is 1. The SMILES string of the molecule is NCCCCC(NC(=O)CNC(=O)C(N)CC(N)=O)C(=O)NC(Cc1ccccc1)C(=O)O. The van der Waals surface area contributed by atoms with Crippen molar-refractivity contribution in [1.29, 1.82) is 0 Å². The van der Waals surface area contributed by atoms with Gasteiger partial charge in [0.05, 0.1) is 19.0 Å². The number of carbonyl (C=O) groups is 5. The van der Waals surface area contributed by atoms with E-state index < -0.39 is 54.3 Å². The average Bonchev–Trinajstić information content (AvgIpc) is 2.76. The summed E-state index contributed by atoms with van der Waals surface area (Å²) in [4.78, 5) is 59.4. The fourth-order valence-electron chi connectivity index (χ4n) is 2.94. The molecule has 182 valence electrons. The van der Waals surface area contributed by atoms with Crippen molar-refractivity contribution in [2.75, 3.05) is 13.1 Å². The second kappa shape index (κ2) is 14.5. The predicted octanol–water partition coefficient (Wildman–Crippen LogP) is -2.27. The van der Waals surface area contributed by atoms with Crippen molar-refractivity contribution >= 4 is 29.6 Å². The molecule has 10 N–H and O–H groups in total. The van der Waals surface area contributed by atoms with Gasteiger partial charge in [-0.05, 0) is 31.4 Å². The van der Waals surface area contributed by atoms with Crippen LogP contribution in [0.25, 0.3) is 0 Å². The molecule has 0 aliphatic heterocycles. The minimum atomic E-state index is -1.21. The van der Waals surface area contributed by atoms with Crippen LogP contribution < -0.4 is 33.2 Å². The Morgan fingerprint density at radius 1 is 0.939 bits per heavy atom. The van der Waals surface area contributed by atoms with Crippen LogP contribution in [-0.4, -0.2) is 65.9 Å². The Hall–Kier alpha value is -3.51. The number of hydrogen-bond acceptors (Lipinski definition) is 7. The van der Waals surface area contributed by atoms with Gasteiger partial charge in [0.1, 0.15) is 12.1 Å². The van der Waals surface area contributed by atoms with E-state index in [2.05, 4.69) is 16.0 Å². The van der Waals surface area contributed by atoms with Gasteiger partial charge in [-0.15, -0.1) is 0 Å². The van der Waals surface area contributed by atoms with Gasteiger partial charge in [0.25, 0.3) is 0 Å². The molecule has 33 heavy (non-hydrogen) atoms. The van der Waals surface area contributed by atoms with Gasteiger partial charge in [0.15, 0.2) is 0 Å². The number of unbranched alkanes of at least 4 members (excludes halogenated alkanes) is 1. The molecular formula is C21H32N6O6. The highest BCUT2D eigenvalue weighted by Gasteiger charge is 2.27. The van der Waals surface area contributed by atoms with Crippen LogP contribution in [0, 0.1) is 0 Å². The summed E-state index contributed by atoms with van der Waals surface area (Å²) in [5.74, 6) is -4.07. The molecule has 3 unspecified atom stereocenters. The van der Waals surface area contributed by atoms with E-state index in [0.717, 1.165) is 5.56 Å². The number of carboxylic acid groups (broad SMARTS) is 1. The summed E-state index contributed by atoms with van der Waals surface area (Å²) in [6.07, 6.45) is 1.03. The van der Waals surface area contributed by atoms with Crippen molar-refractivity contribution in [1.82, 2.24) is 16.0 Å². The number of primary amides is 1. The molecule has 0 saturated carbocycles. The summed E-state index contributed by atoms with van der Waals surface area (Å²) in [6.45, 7) is -0.0970. The third-order valence-electron chi connectivity index (χ3n) is 4.68. The van der Waals surface area contributed by atoms with Gasteiger partial charge in [0, 0.05) is 6.42 Å². The lowest BCUT2D eigenvalue weighted by Gasteiger charge is -2.22. The average molecular weight is 465 g/mol. The first-order valence-electron chi connectivity index (χ1n) is 10.5. The Kier molecular flexibility index (Phi) is 12.1. The zero-order valence-corrected chi connectivity index (χ0v) is 18.3. The predicted molar refractivity (Wildman–Crippen MR) is 119 cm³/mol. The first kappa shape index (κ1) is 27.5. The second-order valence-electron chi connectivity index (χ2n) is 7.49. The van der Waals surface area contributed by atoms with Crippen molar-refractivity contribution < 1.29 is 29.1 Å². The first-order valence-corrected chi connectivity index (χ1v) is 10.5. The fourth-order valence-corrected chi connectivity index (χ4v) is 2.94. The lowest BCUT2D eigenvalue weighted by atomic mass is 10.0. The number of nitrogens with two attached hydrogens (primary N) is 3. The summed E-state index contributed by atoms with van der Waals surface area (Å²) < 4.78 is 0. The van der Waals surface area contributed by atoms with E-state index in [0.29, 0.717) is 19.4 Å². The lowest BCUT2D eigenvalue weighted by molar-refractivity contribution is -0.142. The van der Waals surface area contributed by atoms with Crippen LogP contribution in [0.3, 0.4) is 0 Å². The van der Waals surface area contributed by atoms with E-state index in [1.165, 1.54) is 0 Å². The third-order valence-corrected chi connectivity index (χ3v) is 4.68. The maximum Gasteiger partial charge on any atom is 0.326 e. The summed E-state index contributed by atoms with van der Waals surface area (Å²) in [6, 6.07) is 5.37. The Morgan fingerprint density at radius 2 is 1.61 bits per heavy atom. The number of carbonyl (C=O) groups excluding carboxylic acids is 4. The zero-order chi connectivity index (χ0) is 24.8. The van der Waals surface area contributed by atoms with Gasteiger partial charge in [-0.2, -0.15) is 0 Å². The molecule has 0 bridgehead atoms. The molecule has 3 atom stereocenters.